The molecule has 129 heavy (non-hydrogen) atoms. The summed E-state index contributed by atoms with van der Waals surface area (Å²) in [6, 6.07) is 0. The molecule has 0 saturated carbocycles. The maximum absolute atomic E-state index is 12.6. The third-order valence-corrected chi connectivity index (χ3v) is 15.5. The summed E-state index contributed by atoms with van der Waals surface area (Å²) in [5, 5.41) is 18.6. The number of rotatable bonds is 114. The molecule has 50 heteroatoms. The Morgan fingerprint density at radius 2 is 0.310 bits per heavy atom. The summed E-state index contributed by atoms with van der Waals surface area (Å²) < 4.78 is 182. The van der Waals surface area contributed by atoms with E-state index in [-0.39, 0.29) is 128 Å². The molecule has 49 nitrogen and oxygen atoms in total. The Hall–Kier alpha value is -4.73. The molecule has 0 radical (unpaired) electrons. The van der Waals surface area contributed by atoms with Crippen molar-refractivity contribution >= 4 is 30.1 Å². The molecule has 0 aliphatic carbocycles. The Kier molecular flexibility index (Phi) is 111. The van der Waals surface area contributed by atoms with E-state index in [4.69, 9.17) is 179 Å². The van der Waals surface area contributed by atoms with Crippen molar-refractivity contribution in [2.24, 2.45) is 21.1 Å². The molecule has 0 aromatic rings. The molecule has 3 amide bonds. The molecule has 0 spiro atoms. The lowest BCUT2D eigenvalue weighted by Gasteiger charge is -2.29. The number of hydrogen-bond donors (Lipinski definition) is 4. The summed E-state index contributed by atoms with van der Waals surface area (Å²) >= 11 is 0. The van der Waals surface area contributed by atoms with Crippen LogP contribution in [0, 0.1) is 0 Å². The highest BCUT2D eigenvalue weighted by Crippen LogP contribution is 2.07. The van der Waals surface area contributed by atoms with Crippen molar-refractivity contribution in [2.45, 2.75) is 24.8 Å². The molecule has 0 fully saturated rings. The summed E-state index contributed by atoms with van der Waals surface area (Å²) in [6.07, 6.45) is 0.152. The van der Waals surface area contributed by atoms with Gasteiger partial charge in [0.05, 0.1) is 442 Å². The van der Waals surface area contributed by atoms with Crippen LogP contribution in [0.4, 0.5) is 0 Å². The number of nitrogens with zero attached hydrogens (tertiary/aromatic N) is 9. The van der Waals surface area contributed by atoms with Gasteiger partial charge in [0.15, 0.2) is 0 Å². The number of nitrogens with two attached hydrogens (primary N) is 1. The van der Waals surface area contributed by atoms with Crippen LogP contribution in [0.15, 0.2) is 15.3 Å². The first-order chi connectivity index (χ1) is 63.4. The van der Waals surface area contributed by atoms with Gasteiger partial charge in [0.25, 0.3) is 0 Å². The van der Waals surface area contributed by atoms with Crippen LogP contribution < -0.4 is 21.7 Å². The topological polar surface area (TPSA) is 564 Å². The quantitative estimate of drug-likeness (QED) is 0.0287. The summed E-state index contributed by atoms with van der Waals surface area (Å²) in [4.78, 5) is 45.9. The van der Waals surface area contributed by atoms with Crippen molar-refractivity contribution in [3.63, 3.8) is 0 Å². The van der Waals surface area contributed by atoms with E-state index in [1.165, 1.54) is 0 Å². The van der Waals surface area contributed by atoms with Crippen molar-refractivity contribution < 1.29 is 171 Å². The van der Waals surface area contributed by atoms with Gasteiger partial charge in [0.2, 0.25) is 17.7 Å². The van der Waals surface area contributed by atoms with E-state index in [9.17, 15) is 14.4 Å². The first kappa shape index (κ1) is 126. The van der Waals surface area contributed by atoms with Gasteiger partial charge in [-0.25, -0.2) is 0 Å². The highest BCUT2D eigenvalue weighted by atomic mass is 35.5. The van der Waals surface area contributed by atoms with Gasteiger partial charge in [-0.3, -0.25) is 14.4 Å². The predicted octanol–water partition coefficient (Wildman–Crippen LogP) is 1.10. The smallest absolute Gasteiger partial charge is 0.222 e. The summed E-state index contributed by atoms with van der Waals surface area (Å²) in [5.74, 6) is -0.743. The number of hydrogen-bond acceptors (Lipinski definition) is 40. The minimum Gasteiger partial charge on any atom is -0.379 e. The van der Waals surface area contributed by atoms with E-state index in [1.54, 1.807) is 0 Å². The van der Waals surface area contributed by atoms with Gasteiger partial charge < -0.3 is 178 Å². The first-order valence-corrected chi connectivity index (χ1v) is 44.0. The highest BCUT2D eigenvalue weighted by Gasteiger charge is 2.27. The molecule has 5 N–H and O–H groups in total. The fourth-order valence-corrected chi connectivity index (χ4v) is 9.19. The average molecular weight is 1900 g/mol. The number of amides is 3. The Morgan fingerprint density at radius 3 is 0.434 bits per heavy atom. The van der Waals surface area contributed by atoms with Gasteiger partial charge in [-0.15, -0.1) is 12.4 Å². The van der Waals surface area contributed by atoms with Crippen molar-refractivity contribution in [3.05, 3.63) is 31.3 Å². The van der Waals surface area contributed by atoms with E-state index >= 15 is 0 Å². The first-order valence-electron chi connectivity index (χ1n) is 44.0. The van der Waals surface area contributed by atoms with Gasteiger partial charge in [-0.2, -0.15) is 0 Å². The molecule has 0 aliphatic rings. The van der Waals surface area contributed by atoms with E-state index in [1.807, 2.05) is 0 Å². The molecule has 0 atom stereocenters. The molecule has 0 saturated heterocycles. The second-order valence-corrected chi connectivity index (χ2v) is 26.1. The molecule has 0 aliphatic heterocycles. The summed E-state index contributed by atoms with van der Waals surface area (Å²) in [6.45, 7) is 26.6. The van der Waals surface area contributed by atoms with Crippen LogP contribution in [-0.2, 0) is 171 Å². The number of halogens is 1. The summed E-state index contributed by atoms with van der Waals surface area (Å²) in [5.41, 5.74) is 30.2. The second-order valence-electron chi connectivity index (χ2n) is 26.1. The standard InChI is InChI=1S/C79H155N13O36.ClH/c80-79(73-126-10-1-76(93)84-4-13-96-19-25-102-31-37-108-43-49-114-55-61-120-67-70-123-64-58-117-52-46-111-40-34-105-28-22-99-16-7-87-90-81,74-127-11-2-77(94)85-5-14-97-20-26-103-32-38-109-44-50-115-56-62-121-68-71-124-65-59-118-53-47-112-41-35-106-29-23-100-17-8-88-91-82)75-128-12-3-78(95)86-6-15-98-21-27-104-33-39-110-45-51-116-57-63-122-69-72-125-66-60-119-54-48-113-42-36-107-30-24-101-18-9-89-92-83;/h1-75,80H2,(H,84,93)(H,85,94)(H,86,95);1H. The minimum absolute atomic E-state index is 0. The van der Waals surface area contributed by atoms with E-state index < -0.39 is 5.54 Å². The molecule has 0 rings (SSSR count). The third kappa shape index (κ3) is 112. The maximum atomic E-state index is 12.6. The van der Waals surface area contributed by atoms with E-state index in [2.05, 4.69) is 46.0 Å². The van der Waals surface area contributed by atoms with Crippen LogP contribution in [0.5, 0.6) is 0 Å². The molecule has 0 aromatic heterocycles. The molecule has 0 unspecified atom stereocenters. The van der Waals surface area contributed by atoms with Gasteiger partial charge >= 0.3 is 0 Å². The van der Waals surface area contributed by atoms with Crippen LogP contribution in [0.1, 0.15) is 19.3 Å². The lowest BCUT2D eigenvalue weighted by Crippen LogP contribution is -2.53. The minimum atomic E-state index is -1.19. The monoisotopic (exact) mass is 1900 g/mol. The number of carbonyl (C=O) groups is 3. The Labute approximate surface area is 766 Å². The molecule has 0 bridgehead atoms. The van der Waals surface area contributed by atoms with Crippen LogP contribution in [0.2, 0.25) is 0 Å². The van der Waals surface area contributed by atoms with Crippen LogP contribution in [0.3, 0.4) is 0 Å². The number of nitrogens with one attached hydrogen (secondary N) is 3. The van der Waals surface area contributed by atoms with Crippen molar-refractivity contribution in [3.8, 4) is 0 Å². The van der Waals surface area contributed by atoms with Gasteiger partial charge in [-0.05, 0) is 16.6 Å². The van der Waals surface area contributed by atoms with Gasteiger partial charge in [0, 0.05) is 73.3 Å². The largest absolute Gasteiger partial charge is 0.379 e. The Morgan fingerprint density at radius 1 is 0.194 bits per heavy atom. The maximum Gasteiger partial charge on any atom is 0.222 e. The van der Waals surface area contributed by atoms with Crippen molar-refractivity contribution in [1.29, 1.82) is 0 Å². The molecule has 760 valence electrons. The Bertz CT molecular complexity index is 2200. The Balaban J connectivity index is 0. The van der Waals surface area contributed by atoms with Crippen molar-refractivity contribution in [2.75, 3.05) is 475 Å². The van der Waals surface area contributed by atoms with Crippen molar-refractivity contribution in [1.82, 2.24) is 16.0 Å². The lowest BCUT2D eigenvalue weighted by molar-refractivity contribution is -0.123. The number of ether oxygens (including phenoxy) is 33. The van der Waals surface area contributed by atoms with Crippen LogP contribution >= 0.6 is 12.4 Å². The van der Waals surface area contributed by atoms with Crippen LogP contribution in [0.25, 0.3) is 31.3 Å². The number of carbonyl (C=O) groups excluding carboxylic acids is 3. The summed E-state index contributed by atoms with van der Waals surface area (Å²) in [7, 11) is 0. The lowest BCUT2D eigenvalue weighted by atomic mass is 10.1. The fourth-order valence-electron chi connectivity index (χ4n) is 9.19. The zero-order valence-corrected chi connectivity index (χ0v) is 77.1. The molecule has 0 aromatic carbocycles. The van der Waals surface area contributed by atoms with Crippen LogP contribution in [-0.4, -0.2) is 499 Å². The zero-order valence-electron chi connectivity index (χ0n) is 76.2. The van der Waals surface area contributed by atoms with E-state index in [0.717, 1.165) is 0 Å². The second kappa shape index (κ2) is 114. The zero-order chi connectivity index (χ0) is 92.0. The number of azide groups is 3. The molecular weight excluding hydrogens is 1740 g/mol. The van der Waals surface area contributed by atoms with Gasteiger partial charge in [0.1, 0.15) is 0 Å². The normalized spacial score (nSPS) is 11.8. The van der Waals surface area contributed by atoms with E-state index in [0.29, 0.717) is 396 Å². The molecule has 0 heterocycles. The third-order valence-electron chi connectivity index (χ3n) is 15.5. The predicted molar refractivity (Wildman–Crippen MR) is 466 cm³/mol. The van der Waals surface area contributed by atoms with Gasteiger partial charge in [-0.1, -0.05) is 15.3 Å². The highest BCUT2D eigenvalue weighted by molar-refractivity contribution is 5.85. The fraction of sp³-hybridized carbons (Fsp3) is 0.962. The molecular formula is C79H156ClN13O36. The SMILES string of the molecule is Cl.[N-]=[N+]=NCCOCCOCCOCCOCCOCCOCCOCCOCCOCCOCCNC(=O)CCOCC(N)(COCCC(=O)NCCOCCOCCOCCOCCOCCOCCOCCOCCOCCOCCN=[N+]=[N-])COCCC(=O)NCCOCCOCCOCCOCCOCCOCCOCCOCCOCCOCCN=[N+]=[N-]. The average Bonchev–Trinajstić information content (AvgIpc) is 0.896.